The van der Waals surface area contributed by atoms with Crippen LogP contribution in [0, 0.1) is 0 Å². The largest absolute Gasteiger partial charge is 0.444 e. The minimum absolute atomic E-state index is 0.524. The summed E-state index contributed by atoms with van der Waals surface area (Å²) in [6.07, 6.45) is -2.33. The van der Waals surface area contributed by atoms with E-state index in [1.165, 1.54) is 6.92 Å². The number of ether oxygens (including phenoxy) is 1. The molecule has 0 aromatic heterocycles. The van der Waals surface area contributed by atoms with E-state index in [0.29, 0.717) is 0 Å². The average molecular weight is 251 g/mol. The van der Waals surface area contributed by atoms with Crippen molar-refractivity contribution in [2.45, 2.75) is 57.8 Å². The van der Waals surface area contributed by atoms with Crippen LogP contribution in [0.1, 0.15) is 34.1 Å². The lowest BCUT2D eigenvalue weighted by atomic mass is 10.1. The summed E-state index contributed by atoms with van der Waals surface area (Å²) in [6.45, 7) is 5.68. The monoisotopic (exact) mass is 251 g/mol. The smallest absolute Gasteiger partial charge is 0.410 e. The Morgan fingerprint density at radius 1 is 1.53 bits per heavy atom. The number of aliphatic hydroxyl groups excluding tert-OH is 1. The molecular formula is C11H19F2NO3. The molecule has 1 heterocycles. The van der Waals surface area contributed by atoms with Crippen LogP contribution in [0.5, 0.6) is 0 Å². The zero-order chi connectivity index (χ0) is 13.4. The predicted molar refractivity (Wildman–Crippen MR) is 58.0 cm³/mol. The van der Waals surface area contributed by atoms with E-state index >= 15 is 0 Å². The van der Waals surface area contributed by atoms with Gasteiger partial charge in [0.15, 0.2) is 0 Å². The first-order valence-corrected chi connectivity index (χ1v) is 5.57. The first kappa shape index (κ1) is 14.2. The fourth-order valence-corrected chi connectivity index (χ4v) is 1.80. The number of amides is 1. The van der Waals surface area contributed by atoms with Crippen LogP contribution >= 0.6 is 0 Å². The summed E-state index contributed by atoms with van der Waals surface area (Å²) in [5, 5.41) is 9.42. The number of nitrogens with zero attached hydrogens (tertiary/aromatic N) is 1. The van der Waals surface area contributed by atoms with Crippen LogP contribution in [0.2, 0.25) is 0 Å². The number of hydrogen-bond acceptors (Lipinski definition) is 3. The van der Waals surface area contributed by atoms with Crippen LogP contribution in [0.25, 0.3) is 0 Å². The van der Waals surface area contributed by atoms with Gasteiger partial charge in [0, 0.05) is 6.42 Å². The van der Waals surface area contributed by atoms with Gasteiger partial charge in [-0.15, -0.1) is 0 Å². The third kappa shape index (κ3) is 3.80. The molecule has 0 aromatic carbocycles. The molecule has 1 fully saturated rings. The van der Waals surface area contributed by atoms with Crippen LogP contribution in [-0.4, -0.2) is 46.3 Å². The highest BCUT2D eigenvalue weighted by molar-refractivity contribution is 5.69. The number of hydrogen-bond donors (Lipinski definition) is 1. The maximum Gasteiger partial charge on any atom is 0.410 e. The van der Waals surface area contributed by atoms with Crippen molar-refractivity contribution in [3.05, 3.63) is 0 Å². The van der Waals surface area contributed by atoms with Gasteiger partial charge in [0.2, 0.25) is 0 Å². The van der Waals surface area contributed by atoms with Crippen molar-refractivity contribution in [2.75, 3.05) is 6.54 Å². The Labute approximate surface area is 99.5 Å². The van der Waals surface area contributed by atoms with Crippen molar-refractivity contribution < 1.29 is 23.4 Å². The lowest BCUT2D eigenvalue weighted by Gasteiger charge is -2.29. The van der Waals surface area contributed by atoms with E-state index in [-0.39, 0.29) is 0 Å². The summed E-state index contributed by atoms with van der Waals surface area (Å²) in [6, 6.07) is -0.889. The normalized spacial score (nSPS) is 25.8. The molecule has 1 amide bonds. The Balaban J connectivity index is 2.77. The Hall–Kier alpha value is -0.910. The van der Waals surface area contributed by atoms with Crippen molar-refractivity contribution in [2.24, 2.45) is 0 Å². The Morgan fingerprint density at radius 2 is 2.06 bits per heavy atom. The van der Waals surface area contributed by atoms with Crippen molar-refractivity contribution in [3.63, 3.8) is 0 Å². The summed E-state index contributed by atoms with van der Waals surface area (Å²) in [5.41, 5.74) is -0.738. The van der Waals surface area contributed by atoms with Crippen molar-refractivity contribution >= 4 is 6.09 Å². The maximum absolute atomic E-state index is 13.2. The standard InChI is InChI=1S/C11H19F2NO3/c1-7(15)8-5-11(12,13)6-14(8)9(16)17-10(2,3)4/h7-8,15H,5-6H2,1-4H3/t7?,8-/m1/s1. The zero-order valence-electron chi connectivity index (χ0n) is 10.5. The average Bonchev–Trinajstić information content (AvgIpc) is 2.38. The van der Waals surface area contributed by atoms with Crippen molar-refractivity contribution in [1.29, 1.82) is 0 Å². The van der Waals surface area contributed by atoms with E-state index in [2.05, 4.69) is 0 Å². The number of halogens is 2. The molecule has 0 bridgehead atoms. The number of likely N-dealkylation sites (tertiary alicyclic amines) is 1. The first-order valence-electron chi connectivity index (χ1n) is 5.57. The molecule has 17 heavy (non-hydrogen) atoms. The SMILES string of the molecule is CC(O)[C@H]1CC(F)(F)CN1C(=O)OC(C)(C)C. The van der Waals surface area contributed by atoms with Gasteiger partial charge in [0.25, 0.3) is 5.92 Å². The molecule has 0 aliphatic carbocycles. The molecular weight excluding hydrogens is 232 g/mol. The highest BCUT2D eigenvalue weighted by Gasteiger charge is 2.49. The van der Waals surface area contributed by atoms with Crippen LogP contribution in [0.4, 0.5) is 13.6 Å². The molecule has 4 nitrogen and oxygen atoms in total. The van der Waals surface area contributed by atoms with E-state index in [1.807, 2.05) is 0 Å². The van der Waals surface area contributed by atoms with Crippen LogP contribution in [-0.2, 0) is 4.74 Å². The molecule has 2 atom stereocenters. The summed E-state index contributed by atoms with van der Waals surface area (Å²) in [4.78, 5) is 12.6. The highest BCUT2D eigenvalue weighted by Crippen LogP contribution is 2.34. The minimum Gasteiger partial charge on any atom is -0.444 e. The molecule has 0 aromatic rings. The molecule has 0 radical (unpaired) electrons. The van der Waals surface area contributed by atoms with Crippen molar-refractivity contribution in [1.82, 2.24) is 4.90 Å². The zero-order valence-corrected chi connectivity index (χ0v) is 10.5. The lowest BCUT2D eigenvalue weighted by molar-refractivity contribution is -0.00412. The van der Waals surface area contributed by atoms with E-state index in [0.717, 1.165) is 4.90 Å². The van der Waals surface area contributed by atoms with E-state index in [4.69, 9.17) is 4.74 Å². The summed E-state index contributed by atoms with van der Waals surface area (Å²) < 4.78 is 31.5. The summed E-state index contributed by atoms with van der Waals surface area (Å²) >= 11 is 0. The fourth-order valence-electron chi connectivity index (χ4n) is 1.80. The van der Waals surface area contributed by atoms with Gasteiger partial charge in [-0.1, -0.05) is 0 Å². The summed E-state index contributed by atoms with van der Waals surface area (Å²) in [7, 11) is 0. The van der Waals surface area contributed by atoms with Crippen LogP contribution < -0.4 is 0 Å². The third-order valence-electron chi connectivity index (χ3n) is 2.49. The predicted octanol–water partition coefficient (Wildman–Crippen LogP) is 2.01. The Morgan fingerprint density at radius 3 is 2.47 bits per heavy atom. The minimum atomic E-state index is -2.96. The molecule has 0 spiro atoms. The fraction of sp³-hybridized carbons (Fsp3) is 0.909. The van der Waals surface area contributed by atoms with Gasteiger partial charge in [-0.3, -0.25) is 4.90 Å². The molecule has 1 saturated heterocycles. The lowest BCUT2D eigenvalue weighted by Crippen LogP contribution is -2.44. The van der Waals surface area contributed by atoms with E-state index < -0.39 is 42.7 Å². The van der Waals surface area contributed by atoms with Gasteiger partial charge in [-0.05, 0) is 27.7 Å². The van der Waals surface area contributed by atoms with Gasteiger partial charge < -0.3 is 9.84 Å². The molecule has 1 unspecified atom stereocenters. The second-order valence-electron chi connectivity index (χ2n) is 5.48. The maximum atomic E-state index is 13.2. The second-order valence-corrected chi connectivity index (χ2v) is 5.48. The second kappa shape index (κ2) is 4.40. The van der Waals surface area contributed by atoms with Gasteiger partial charge >= 0.3 is 6.09 Å². The number of rotatable bonds is 1. The highest BCUT2D eigenvalue weighted by atomic mass is 19.3. The number of carbonyl (C=O) groups excluding carboxylic acids is 1. The summed E-state index contributed by atoms with van der Waals surface area (Å²) in [5.74, 6) is -2.96. The van der Waals surface area contributed by atoms with Crippen LogP contribution in [0.15, 0.2) is 0 Å². The topological polar surface area (TPSA) is 49.8 Å². The molecule has 100 valence electrons. The number of carbonyl (C=O) groups is 1. The number of aliphatic hydroxyl groups is 1. The van der Waals surface area contributed by atoms with Gasteiger partial charge in [0.05, 0.1) is 18.7 Å². The molecule has 1 N–H and O–H groups in total. The Bertz CT molecular complexity index is 300. The van der Waals surface area contributed by atoms with Crippen LogP contribution in [0.3, 0.4) is 0 Å². The quantitative estimate of drug-likeness (QED) is 0.775. The van der Waals surface area contributed by atoms with Crippen molar-refractivity contribution in [3.8, 4) is 0 Å². The molecule has 0 saturated carbocycles. The van der Waals surface area contributed by atoms with Gasteiger partial charge in [-0.25, -0.2) is 13.6 Å². The molecule has 1 aliphatic rings. The molecule has 6 heteroatoms. The first-order chi connectivity index (χ1) is 7.52. The van der Waals surface area contributed by atoms with E-state index in [1.54, 1.807) is 20.8 Å². The van der Waals surface area contributed by atoms with Gasteiger partial charge in [0.1, 0.15) is 5.60 Å². The third-order valence-corrected chi connectivity index (χ3v) is 2.49. The molecule has 1 rings (SSSR count). The molecule has 1 aliphatic heterocycles. The number of alkyl halides is 2. The van der Waals surface area contributed by atoms with Gasteiger partial charge in [-0.2, -0.15) is 0 Å². The Kier molecular flexibility index (Phi) is 3.66. The van der Waals surface area contributed by atoms with E-state index in [9.17, 15) is 18.7 Å².